The maximum Gasteiger partial charge on any atom is 0.217 e. The number of benzene rings is 3. The molecule has 3 aromatic carbocycles. The normalized spacial score (nSPS) is 20.3. The van der Waals surface area contributed by atoms with E-state index in [-0.39, 0.29) is 5.92 Å². The van der Waals surface area contributed by atoms with Gasteiger partial charge in [0.05, 0.1) is 19.2 Å². The van der Waals surface area contributed by atoms with Crippen LogP contribution in [0.15, 0.2) is 83.3 Å². The topological polar surface area (TPSA) is 54.8 Å². The molecular weight excluding hydrogens is 504 g/mol. The summed E-state index contributed by atoms with van der Waals surface area (Å²) in [5, 5.41) is 13.9. The zero-order chi connectivity index (χ0) is 24.6. The van der Waals surface area contributed by atoms with E-state index in [1.807, 2.05) is 74.8 Å². The summed E-state index contributed by atoms with van der Waals surface area (Å²) >= 11 is 3.59. The standard InChI is InChI=1S/C29H29BrN2O3/c1-32(2)17-21-18-35-26-12-8-7-11-24(26)29(21,33)27(19-9-5-4-6-10-19)23-16-20-15-22(30)13-14-25(20)31-28(23)34-3/h4-16,21,27,33H,17-18H2,1-3H3/t21-,27-,29-/m0/s1. The van der Waals surface area contributed by atoms with Gasteiger partial charge in [-0.2, -0.15) is 0 Å². The van der Waals surface area contributed by atoms with Gasteiger partial charge in [0, 0.05) is 39.4 Å². The van der Waals surface area contributed by atoms with Crippen molar-refractivity contribution in [3.63, 3.8) is 0 Å². The van der Waals surface area contributed by atoms with Crippen LogP contribution in [0.4, 0.5) is 0 Å². The molecule has 0 saturated carbocycles. The number of para-hydroxylation sites is 1. The third-order valence-electron chi connectivity index (χ3n) is 6.81. The maximum atomic E-state index is 12.9. The number of aromatic nitrogens is 1. The van der Waals surface area contributed by atoms with Gasteiger partial charge in [0.15, 0.2) is 0 Å². The summed E-state index contributed by atoms with van der Waals surface area (Å²) in [7, 11) is 5.68. The highest BCUT2D eigenvalue weighted by Crippen LogP contribution is 2.53. The molecule has 0 saturated heterocycles. The van der Waals surface area contributed by atoms with Crippen LogP contribution in [-0.4, -0.2) is 49.3 Å². The van der Waals surface area contributed by atoms with E-state index in [1.54, 1.807) is 7.11 Å². The number of nitrogens with zero attached hydrogens (tertiary/aromatic N) is 2. The van der Waals surface area contributed by atoms with Gasteiger partial charge in [-0.15, -0.1) is 0 Å². The molecule has 1 N–H and O–H groups in total. The second kappa shape index (κ2) is 9.61. The molecule has 0 aliphatic carbocycles. The SMILES string of the molecule is COc1nc2ccc(Br)cc2cc1[C@H](c1ccccc1)[C@@]1(O)c2ccccc2OC[C@@H]1CN(C)C. The van der Waals surface area contributed by atoms with E-state index in [1.165, 1.54) is 0 Å². The summed E-state index contributed by atoms with van der Waals surface area (Å²) in [4.78, 5) is 6.95. The van der Waals surface area contributed by atoms with E-state index in [9.17, 15) is 5.11 Å². The van der Waals surface area contributed by atoms with Crippen LogP contribution in [0.2, 0.25) is 0 Å². The second-order valence-corrected chi connectivity index (χ2v) is 10.3. The quantitative estimate of drug-likeness (QED) is 0.350. The Kier molecular flexibility index (Phi) is 6.53. The third kappa shape index (κ3) is 4.31. The molecule has 5 rings (SSSR count). The Morgan fingerprint density at radius 2 is 1.83 bits per heavy atom. The first-order chi connectivity index (χ1) is 16.9. The lowest BCUT2D eigenvalue weighted by atomic mass is 9.66. The van der Waals surface area contributed by atoms with Crippen molar-refractivity contribution in [1.29, 1.82) is 0 Å². The number of methoxy groups -OCH3 is 1. The first-order valence-corrected chi connectivity index (χ1v) is 12.5. The predicted octanol–water partition coefficient (Wildman–Crippen LogP) is 5.60. The second-order valence-electron chi connectivity index (χ2n) is 9.36. The molecule has 180 valence electrons. The number of fused-ring (bicyclic) bond motifs is 2. The average molecular weight is 533 g/mol. The molecule has 0 amide bonds. The van der Waals surface area contributed by atoms with Gasteiger partial charge in [0.2, 0.25) is 5.88 Å². The van der Waals surface area contributed by atoms with Gasteiger partial charge in [0.25, 0.3) is 0 Å². The van der Waals surface area contributed by atoms with Gasteiger partial charge in [-0.3, -0.25) is 0 Å². The van der Waals surface area contributed by atoms with Gasteiger partial charge in [-0.1, -0.05) is 64.5 Å². The predicted molar refractivity (Wildman–Crippen MR) is 142 cm³/mol. The van der Waals surface area contributed by atoms with Gasteiger partial charge < -0.3 is 19.5 Å². The van der Waals surface area contributed by atoms with Crippen molar-refractivity contribution in [3.05, 3.63) is 100 Å². The first-order valence-electron chi connectivity index (χ1n) is 11.7. The number of pyridine rings is 1. The van der Waals surface area contributed by atoms with Crippen molar-refractivity contribution in [1.82, 2.24) is 9.88 Å². The molecule has 1 aliphatic rings. The number of aliphatic hydroxyl groups is 1. The molecule has 35 heavy (non-hydrogen) atoms. The molecule has 0 spiro atoms. The molecule has 1 aliphatic heterocycles. The zero-order valence-corrected chi connectivity index (χ0v) is 21.7. The molecule has 3 atom stereocenters. The van der Waals surface area contributed by atoms with Gasteiger partial charge in [-0.25, -0.2) is 4.98 Å². The molecule has 0 bridgehead atoms. The highest BCUT2D eigenvalue weighted by atomic mass is 79.9. The molecule has 2 heterocycles. The van der Waals surface area contributed by atoms with Crippen LogP contribution in [0.1, 0.15) is 22.6 Å². The van der Waals surface area contributed by atoms with E-state index < -0.39 is 11.5 Å². The summed E-state index contributed by atoms with van der Waals surface area (Å²) in [5.41, 5.74) is 2.18. The lowest BCUT2D eigenvalue weighted by molar-refractivity contribution is -0.0790. The Bertz CT molecular complexity index is 1340. The lowest BCUT2D eigenvalue weighted by Gasteiger charge is -2.47. The van der Waals surface area contributed by atoms with Crippen LogP contribution in [0, 0.1) is 5.92 Å². The van der Waals surface area contributed by atoms with E-state index in [0.717, 1.165) is 32.1 Å². The van der Waals surface area contributed by atoms with Gasteiger partial charge >= 0.3 is 0 Å². The highest BCUT2D eigenvalue weighted by Gasteiger charge is 2.52. The molecule has 0 radical (unpaired) electrons. The van der Waals surface area contributed by atoms with Crippen LogP contribution in [0.5, 0.6) is 11.6 Å². The smallest absolute Gasteiger partial charge is 0.217 e. The van der Waals surface area contributed by atoms with Crippen LogP contribution in [0.3, 0.4) is 0 Å². The van der Waals surface area contributed by atoms with Crippen molar-refractivity contribution in [2.45, 2.75) is 11.5 Å². The zero-order valence-electron chi connectivity index (χ0n) is 20.1. The van der Waals surface area contributed by atoms with Crippen LogP contribution in [0.25, 0.3) is 10.9 Å². The molecule has 0 unspecified atom stereocenters. The minimum atomic E-state index is -1.27. The molecule has 1 aromatic heterocycles. The van der Waals surface area contributed by atoms with Gasteiger partial charge in [-0.05, 0) is 50.0 Å². The van der Waals surface area contributed by atoms with Crippen molar-refractivity contribution in [2.75, 3.05) is 34.4 Å². The Balaban J connectivity index is 1.83. The summed E-state index contributed by atoms with van der Waals surface area (Å²) in [5.74, 6) is 0.584. The number of rotatable bonds is 6. The lowest BCUT2D eigenvalue weighted by Crippen LogP contribution is -2.50. The fourth-order valence-corrected chi connectivity index (χ4v) is 5.70. The van der Waals surface area contributed by atoms with Crippen molar-refractivity contribution < 1.29 is 14.6 Å². The molecule has 0 fully saturated rings. The van der Waals surface area contributed by atoms with E-state index in [2.05, 4.69) is 39.0 Å². The molecule has 6 heteroatoms. The summed E-state index contributed by atoms with van der Waals surface area (Å²) in [6, 6.07) is 26.0. The van der Waals surface area contributed by atoms with Crippen LogP contribution in [-0.2, 0) is 5.60 Å². The Hall–Kier alpha value is -2.93. The Morgan fingerprint density at radius 3 is 2.57 bits per heavy atom. The summed E-state index contributed by atoms with van der Waals surface area (Å²) in [6.45, 7) is 1.06. The molecular formula is C29H29BrN2O3. The summed E-state index contributed by atoms with van der Waals surface area (Å²) in [6.07, 6.45) is 0. The first kappa shape index (κ1) is 23.8. The van der Waals surface area contributed by atoms with Crippen LogP contribution >= 0.6 is 15.9 Å². The largest absolute Gasteiger partial charge is 0.493 e. The number of ether oxygens (including phenoxy) is 2. The van der Waals surface area contributed by atoms with E-state index in [0.29, 0.717) is 24.8 Å². The van der Waals surface area contributed by atoms with Crippen LogP contribution < -0.4 is 9.47 Å². The van der Waals surface area contributed by atoms with Crippen molar-refractivity contribution >= 4 is 26.8 Å². The number of halogens is 1. The van der Waals surface area contributed by atoms with Crippen molar-refractivity contribution in [3.8, 4) is 11.6 Å². The Labute approximate surface area is 214 Å². The minimum Gasteiger partial charge on any atom is -0.493 e. The minimum absolute atomic E-state index is 0.194. The Morgan fingerprint density at radius 1 is 1.09 bits per heavy atom. The molecule has 4 aromatic rings. The number of hydrogen-bond donors (Lipinski definition) is 1. The summed E-state index contributed by atoms with van der Waals surface area (Å²) < 4.78 is 13.0. The molecule has 5 nitrogen and oxygen atoms in total. The van der Waals surface area contributed by atoms with Crippen molar-refractivity contribution in [2.24, 2.45) is 5.92 Å². The average Bonchev–Trinajstić information content (AvgIpc) is 2.86. The fourth-order valence-electron chi connectivity index (χ4n) is 5.32. The number of hydrogen-bond acceptors (Lipinski definition) is 5. The monoisotopic (exact) mass is 532 g/mol. The third-order valence-corrected chi connectivity index (χ3v) is 7.31. The van der Waals surface area contributed by atoms with E-state index in [4.69, 9.17) is 14.5 Å². The highest BCUT2D eigenvalue weighted by molar-refractivity contribution is 9.10. The fraction of sp³-hybridized carbons (Fsp3) is 0.276. The van der Waals surface area contributed by atoms with E-state index >= 15 is 0 Å². The van der Waals surface area contributed by atoms with Gasteiger partial charge in [0.1, 0.15) is 11.4 Å². The maximum absolute atomic E-state index is 12.9.